The van der Waals surface area contributed by atoms with E-state index in [1.165, 1.54) is 0 Å². The van der Waals surface area contributed by atoms with Gasteiger partial charge in [0, 0.05) is 18.7 Å². The molecule has 0 fully saturated rings. The molecule has 0 heterocycles. The summed E-state index contributed by atoms with van der Waals surface area (Å²) in [6.07, 6.45) is 1.37. The van der Waals surface area contributed by atoms with E-state index in [-0.39, 0.29) is 12.5 Å². The monoisotopic (exact) mass is 264 g/mol. The van der Waals surface area contributed by atoms with E-state index >= 15 is 0 Å². The van der Waals surface area contributed by atoms with Gasteiger partial charge in [-0.05, 0) is 37.8 Å². The molecule has 0 aliphatic rings. The first-order chi connectivity index (χ1) is 9.00. The summed E-state index contributed by atoms with van der Waals surface area (Å²) in [4.78, 5) is 22.0. The molecule has 0 spiro atoms. The summed E-state index contributed by atoms with van der Waals surface area (Å²) in [6, 6.07) is 5.57. The van der Waals surface area contributed by atoms with Crippen LogP contribution < -0.4 is 10.6 Å². The number of amides is 2. The highest BCUT2D eigenvalue weighted by Gasteiger charge is 2.06. The zero-order valence-corrected chi connectivity index (χ0v) is 11.3. The van der Waals surface area contributed by atoms with Crippen LogP contribution in [0.25, 0.3) is 0 Å². The van der Waals surface area contributed by atoms with Crippen molar-refractivity contribution in [3.05, 3.63) is 29.3 Å². The summed E-state index contributed by atoms with van der Waals surface area (Å²) in [5.74, 6) is -0.806. The molecule has 1 aromatic rings. The highest BCUT2D eigenvalue weighted by molar-refractivity contribution is 5.90. The van der Waals surface area contributed by atoms with Crippen LogP contribution in [0.5, 0.6) is 0 Å². The van der Waals surface area contributed by atoms with E-state index in [9.17, 15) is 9.59 Å². The molecule has 1 aromatic carbocycles. The summed E-state index contributed by atoms with van der Waals surface area (Å²) in [5.41, 5.74) is 2.85. The summed E-state index contributed by atoms with van der Waals surface area (Å²) in [5, 5.41) is 14.0. The summed E-state index contributed by atoms with van der Waals surface area (Å²) in [7, 11) is 0. The Morgan fingerprint density at radius 1 is 1.16 bits per heavy atom. The second-order valence-electron chi connectivity index (χ2n) is 4.50. The molecular weight excluding hydrogens is 244 g/mol. The standard InChI is InChI=1S/C14H20N2O3/c1-10-6-5-7-11(2)13(10)16-14(19)15-9-4-3-8-12(17)18/h5-7H,3-4,8-9H2,1-2H3,(H,17,18)(H2,15,16,19). The Bertz CT molecular complexity index is 438. The molecule has 19 heavy (non-hydrogen) atoms. The Balaban J connectivity index is 2.33. The van der Waals surface area contributed by atoms with Crippen molar-refractivity contribution in [2.24, 2.45) is 0 Å². The van der Waals surface area contributed by atoms with Crippen molar-refractivity contribution in [2.75, 3.05) is 11.9 Å². The number of rotatable bonds is 6. The fourth-order valence-electron chi connectivity index (χ4n) is 1.77. The van der Waals surface area contributed by atoms with Gasteiger partial charge in [-0.25, -0.2) is 4.79 Å². The van der Waals surface area contributed by atoms with Crippen molar-refractivity contribution in [3.8, 4) is 0 Å². The summed E-state index contributed by atoms with van der Waals surface area (Å²) in [6.45, 7) is 4.36. The fraction of sp³-hybridized carbons (Fsp3) is 0.429. The second-order valence-corrected chi connectivity index (χ2v) is 4.50. The molecule has 2 amide bonds. The highest BCUT2D eigenvalue weighted by atomic mass is 16.4. The van der Waals surface area contributed by atoms with Crippen LogP contribution in [0.4, 0.5) is 10.5 Å². The average Bonchev–Trinajstić information content (AvgIpc) is 2.33. The minimum absolute atomic E-state index is 0.139. The number of carbonyl (C=O) groups is 2. The number of urea groups is 1. The molecular formula is C14H20N2O3. The van der Waals surface area contributed by atoms with Crippen LogP contribution in [0.2, 0.25) is 0 Å². The normalized spacial score (nSPS) is 10.0. The molecule has 0 radical (unpaired) electrons. The van der Waals surface area contributed by atoms with Crippen molar-refractivity contribution >= 4 is 17.7 Å². The van der Waals surface area contributed by atoms with E-state index in [1.807, 2.05) is 32.0 Å². The Morgan fingerprint density at radius 3 is 2.37 bits per heavy atom. The van der Waals surface area contributed by atoms with Crippen molar-refractivity contribution in [3.63, 3.8) is 0 Å². The zero-order valence-electron chi connectivity index (χ0n) is 11.3. The molecule has 0 aliphatic carbocycles. The minimum Gasteiger partial charge on any atom is -0.481 e. The van der Waals surface area contributed by atoms with Gasteiger partial charge >= 0.3 is 12.0 Å². The van der Waals surface area contributed by atoms with E-state index in [2.05, 4.69) is 10.6 Å². The lowest BCUT2D eigenvalue weighted by Gasteiger charge is -2.12. The van der Waals surface area contributed by atoms with Gasteiger partial charge < -0.3 is 15.7 Å². The third-order valence-corrected chi connectivity index (χ3v) is 2.82. The lowest BCUT2D eigenvalue weighted by molar-refractivity contribution is -0.137. The topological polar surface area (TPSA) is 78.4 Å². The Kier molecular flexibility index (Phi) is 5.85. The van der Waals surface area contributed by atoms with Gasteiger partial charge in [-0.15, -0.1) is 0 Å². The zero-order chi connectivity index (χ0) is 14.3. The van der Waals surface area contributed by atoms with Crippen molar-refractivity contribution in [1.82, 2.24) is 5.32 Å². The maximum Gasteiger partial charge on any atom is 0.319 e. The third-order valence-electron chi connectivity index (χ3n) is 2.82. The number of carbonyl (C=O) groups excluding carboxylic acids is 1. The van der Waals surface area contributed by atoms with Crippen LogP contribution >= 0.6 is 0 Å². The summed E-state index contributed by atoms with van der Waals surface area (Å²) >= 11 is 0. The van der Waals surface area contributed by atoms with Gasteiger partial charge in [-0.3, -0.25) is 4.79 Å². The van der Waals surface area contributed by atoms with E-state index in [0.29, 0.717) is 19.4 Å². The largest absolute Gasteiger partial charge is 0.481 e. The predicted octanol–water partition coefficient (Wildman–Crippen LogP) is 2.68. The predicted molar refractivity (Wildman–Crippen MR) is 74.4 cm³/mol. The number of hydrogen-bond donors (Lipinski definition) is 3. The van der Waals surface area contributed by atoms with E-state index in [0.717, 1.165) is 16.8 Å². The van der Waals surface area contributed by atoms with Crippen LogP contribution in [-0.2, 0) is 4.79 Å². The van der Waals surface area contributed by atoms with Crippen LogP contribution in [-0.4, -0.2) is 23.7 Å². The van der Waals surface area contributed by atoms with Crippen molar-refractivity contribution < 1.29 is 14.7 Å². The van der Waals surface area contributed by atoms with Crippen LogP contribution in [0.3, 0.4) is 0 Å². The Morgan fingerprint density at radius 2 is 1.79 bits per heavy atom. The number of para-hydroxylation sites is 1. The van der Waals surface area contributed by atoms with Gasteiger partial charge in [0.1, 0.15) is 0 Å². The number of unbranched alkanes of at least 4 members (excludes halogenated alkanes) is 1. The number of carboxylic acid groups (broad SMARTS) is 1. The molecule has 5 nitrogen and oxygen atoms in total. The number of nitrogens with one attached hydrogen (secondary N) is 2. The SMILES string of the molecule is Cc1cccc(C)c1NC(=O)NCCCCC(=O)O. The Labute approximate surface area is 113 Å². The number of carboxylic acids is 1. The fourth-order valence-corrected chi connectivity index (χ4v) is 1.77. The highest BCUT2D eigenvalue weighted by Crippen LogP contribution is 2.18. The van der Waals surface area contributed by atoms with E-state index < -0.39 is 5.97 Å². The molecule has 0 bridgehead atoms. The molecule has 0 aliphatic heterocycles. The first-order valence-corrected chi connectivity index (χ1v) is 6.33. The number of benzene rings is 1. The maximum atomic E-state index is 11.7. The molecule has 0 aromatic heterocycles. The number of hydrogen-bond acceptors (Lipinski definition) is 2. The van der Waals surface area contributed by atoms with Crippen molar-refractivity contribution in [2.45, 2.75) is 33.1 Å². The van der Waals surface area contributed by atoms with Crippen LogP contribution in [0.15, 0.2) is 18.2 Å². The van der Waals surface area contributed by atoms with Crippen LogP contribution in [0, 0.1) is 13.8 Å². The number of aliphatic carboxylic acids is 1. The van der Waals surface area contributed by atoms with E-state index in [4.69, 9.17) is 5.11 Å². The molecule has 0 saturated carbocycles. The molecule has 0 atom stereocenters. The van der Waals surface area contributed by atoms with Gasteiger partial charge in [0.05, 0.1) is 0 Å². The van der Waals surface area contributed by atoms with Crippen LogP contribution in [0.1, 0.15) is 30.4 Å². The Hall–Kier alpha value is -2.04. The van der Waals surface area contributed by atoms with Gasteiger partial charge in [-0.1, -0.05) is 18.2 Å². The quantitative estimate of drug-likeness (QED) is 0.691. The lowest BCUT2D eigenvalue weighted by Crippen LogP contribution is -2.30. The molecule has 5 heteroatoms. The first kappa shape index (κ1) is 15.0. The van der Waals surface area contributed by atoms with Gasteiger partial charge in [-0.2, -0.15) is 0 Å². The van der Waals surface area contributed by atoms with Crippen molar-refractivity contribution in [1.29, 1.82) is 0 Å². The molecule has 3 N–H and O–H groups in total. The maximum absolute atomic E-state index is 11.7. The van der Waals surface area contributed by atoms with Gasteiger partial charge in [0.25, 0.3) is 0 Å². The van der Waals surface area contributed by atoms with E-state index in [1.54, 1.807) is 0 Å². The van der Waals surface area contributed by atoms with Gasteiger partial charge in [0.15, 0.2) is 0 Å². The lowest BCUT2D eigenvalue weighted by atomic mass is 10.1. The minimum atomic E-state index is -0.806. The smallest absolute Gasteiger partial charge is 0.319 e. The third kappa shape index (κ3) is 5.42. The van der Waals surface area contributed by atoms with Gasteiger partial charge in [0.2, 0.25) is 0 Å². The second kappa shape index (κ2) is 7.41. The molecule has 0 saturated heterocycles. The number of aryl methyl sites for hydroxylation is 2. The molecule has 104 valence electrons. The molecule has 1 rings (SSSR count). The summed E-state index contributed by atoms with van der Waals surface area (Å²) < 4.78 is 0. The average molecular weight is 264 g/mol. The molecule has 0 unspecified atom stereocenters. The first-order valence-electron chi connectivity index (χ1n) is 6.33. The number of anilines is 1.